The van der Waals surface area contributed by atoms with Crippen LogP contribution >= 0.6 is 0 Å². The van der Waals surface area contributed by atoms with Crippen LogP contribution in [-0.2, 0) is 49.8 Å². The Bertz CT molecular complexity index is 356. The smallest absolute Gasteiger partial charge is 0.548 e. The van der Waals surface area contributed by atoms with Crippen molar-refractivity contribution >= 4 is 35.8 Å². The van der Waals surface area contributed by atoms with Gasteiger partial charge in [0.15, 0.2) is 0 Å². The van der Waals surface area contributed by atoms with E-state index in [1.54, 1.807) is 0 Å². The predicted molar refractivity (Wildman–Crippen MR) is 72.6 cm³/mol. The summed E-state index contributed by atoms with van der Waals surface area (Å²) in [5, 5.41) is 98.9. The maximum absolute atomic E-state index is 9.01. The second-order valence-corrected chi connectivity index (χ2v) is 3.18. The fourth-order valence-corrected chi connectivity index (χ4v) is 0. The topological polar surface area (TPSA) is 362 Å². The van der Waals surface area contributed by atoms with Crippen LogP contribution in [0.15, 0.2) is 0 Å². The second-order valence-electron chi connectivity index (χ2n) is 3.18. The largest absolute Gasteiger partial charge is 6.00 e. The van der Waals surface area contributed by atoms with Crippen molar-refractivity contribution in [2.75, 3.05) is 39.6 Å². The molecule has 0 heterocycles. The van der Waals surface area contributed by atoms with Gasteiger partial charge in [-0.25, -0.2) is 0 Å². The standard InChI is InChI=1S/6C2H4O3.Mo/c6*3-1-2(4)5;/h6*3H,1H2,(H,4,5);/q;;;;;;+6/p-6. The zero-order valence-corrected chi connectivity index (χ0v) is 17.2. The van der Waals surface area contributed by atoms with E-state index in [4.69, 9.17) is 90.0 Å². The van der Waals surface area contributed by atoms with Gasteiger partial charge in [-0.05, 0) is 0 Å². The fraction of sp³-hybridized carbons (Fsp3) is 0.500. The van der Waals surface area contributed by atoms with Crippen LogP contribution in [0, 0.1) is 0 Å². The van der Waals surface area contributed by atoms with E-state index in [0.29, 0.717) is 0 Å². The molecule has 0 aromatic carbocycles. The first kappa shape index (κ1) is 46.5. The van der Waals surface area contributed by atoms with E-state index in [1.807, 2.05) is 0 Å². The minimum absolute atomic E-state index is 0. The number of aliphatic hydroxyl groups is 6. The van der Waals surface area contributed by atoms with Gasteiger partial charge in [0.05, 0.1) is 75.5 Å². The number of aliphatic hydroxyl groups excluding tert-OH is 6. The molecule has 0 spiro atoms. The Hall–Kier alpha value is -2.73. The molecule has 0 aliphatic heterocycles. The average molecular weight is 546 g/mol. The average Bonchev–Trinajstić information content (AvgIpc) is 2.69. The molecule has 0 saturated heterocycles. The molecule has 0 aliphatic rings. The molecule has 0 aromatic heterocycles. The molecule has 0 atom stereocenters. The predicted octanol–water partition coefficient (Wildman–Crippen LogP) is -13.6. The van der Waals surface area contributed by atoms with Crippen molar-refractivity contribution in [3.05, 3.63) is 0 Å². The number of carboxylic acids is 6. The molecular formula is C12H18MoO18. The van der Waals surface area contributed by atoms with Gasteiger partial charge >= 0.3 is 21.1 Å². The molecule has 0 aromatic rings. The van der Waals surface area contributed by atoms with Gasteiger partial charge in [-0.15, -0.1) is 0 Å². The molecule has 0 fully saturated rings. The zero-order valence-electron chi connectivity index (χ0n) is 15.2. The van der Waals surface area contributed by atoms with Gasteiger partial charge in [-0.1, -0.05) is 0 Å². The molecular weight excluding hydrogens is 528 g/mol. The van der Waals surface area contributed by atoms with E-state index in [2.05, 4.69) is 0 Å². The molecule has 0 rings (SSSR count). The SMILES string of the molecule is O=C([O-])CO.O=C([O-])CO.O=C([O-])CO.O=C([O-])CO.O=C([O-])CO.O=C([O-])CO.[Mo+6]. The van der Waals surface area contributed by atoms with Crippen LogP contribution in [-0.4, -0.2) is 106 Å². The van der Waals surface area contributed by atoms with Gasteiger partial charge in [-0.2, -0.15) is 0 Å². The van der Waals surface area contributed by atoms with E-state index in [9.17, 15) is 0 Å². The Balaban J connectivity index is -0.0000000443. The van der Waals surface area contributed by atoms with Gasteiger partial charge in [0.2, 0.25) is 0 Å². The van der Waals surface area contributed by atoms with Crippen LogP contribution in [0.25, 0.3) is 0 Å². The summed E-state index contributed by atoms with van der Waals surface area (Å²) >= 11 is 0. The third-order valence-electron chi connectivity index (χ3n) is 0.775. The molecule has 0 bridgehead atoms. The van der Waals surface area contributed by atoms with Crippen molar-refractivity contribution in [1.82, 2.24) is 0 Å². The van der Waals surface area contributed by atoms with Crippen molar-refractivity contribution in [3.63, 3.8) is 0 Å². The summed E-state index contributed by atoms with van der Waals surface area (Å²) in [7, 11) is 0. The Kier molecular flexibility index (Phi) is 62.4. The first-order valence-corrected chi connectivity index (χ1v) is 6.47. The van der Waals surface area contributed by atoms with Crippen LogP contribution in [0.1, 0.15) is 0 Å². The van der Waals surface area contributed by atoms with E-state index in [-0.39, 0.29) is 21.1 Å². The first-order chi connectivity index (χ1) is 13.6. The number of carboxylic acid groups (broad SMARTS) is 6. The summed E-state index contributed by atoms with van der Waals surface area (Å²) in [6.07, 6.45) is 0. The van der Waals surface area contributed by atoms with E-state index < -0.39 is 75.5 Å². The summed E-state index contributed by atoms with van der Waals surface area (Å²) in [6, 6.07) is 0. The molecule has 0 unspecified atom stereocenters. The monoisotopic (exact) mass is 548 g/mol. The van der Waals surface area contributed by atoms with E-state index in [1.165, 1.54) is 0 Å². The first-order valence-electron chi connectivity index (χ1n) is 6.47. The third-order valence-corrected chi connectivity index (χ3v) is 0.775. The molecule has 0 radical (unpaired) electrons. The Labute approximate surface area is 187 Å². The van der Waals surface area contributed by atoms with Gasteiger partial charge in [-0.3, -0.25) is 0 Å². The summed E-state index contributed by atoms with van der Waals surface area (Å²) in [5.41, 5.74) is 0. The molecule has 31 heavy (non-hydrogen) atoms. The second kappa shape index (κ2) is 41.6. The van der Waals surface area contributed by atoms with E-state index in [0.717, 1.165) is 0 Å². The Morgan fingerprint density at radius 2 is 0.387 bits per heavy atom. The van der Waals surface area contributed by atoms with Gasteiger partial charge in [0, 0.05) is 0 Å². The number of rotatable bonds is 6. The molecule has 0 amide bonds. The molecule has 6 N–H and O–H groups in total. The van der Waals surface area contributed by atoms with Gasteiger partial charge in [0.1, 0.15) is 0 Å². The minimum atomic E-state index is -1.44. The number of carbonyl (C=O) groups excluding carboxylic acids is 6. The van der Waals surface area contributed by atoms with Crippen LogP contribution in [0.2, 0.25) is 0 Å². The van der Waals surface area contributed by atoms with Crippen LogP contribution in [0.3, 0.4) is 0 Å². The molecule has 18 nitrogen and oxygen atoms in total. The van der Waals surface area contributed by atoms with Gasteiger partial charge < -0.3 is 90.0 Å². The van der Waals surface area contributed by atoms with Crippen molar-refractivity contribution in [3.8, 4) is 0 Å². The summed E-state index contributed by atoms with van der Waals surface area (Å²) in [6.45, 7) is -5.33. The summed E-state index contributed by atoms with van der Waals surface area (Å²) in [4.78, 5) is 54.0. The molecule has 19 heteroatoms. The maximum atomic E-state index is 9.01. The van der Waals surface area contributed by atoms with E-state index >= 15 is 0 Å². The van der Waals surface area contributed by atoms with Crippen molar-refractivity contribution in [1.29, 1.82) is 0 Å². The maximum Gasteiger partial charge on any atom is 6.00 e. The van der Waals surface area contributed by atoms with Crippen molar-refractivity contribution in [2.24, 2.45) is 0 Å². The number of hydrogen-bond donors (Lipinski definition) is 6. The number of aliphatic carboxylic acids is 6. The third kappa shape index (κ3) is 203. The van der Waals surface area contributed by atoms with Crippen LogP contribution < -0.4 is 30.6 Å². The molecule has 0 aliphatic carbocycles. The van der Waals surface area contributed by atoms with Crippen LogP contribution in [0.5, 0.6) is 0 Å². The summed E-state index contributed by atoms with van der Waals surface area (Å²) < 4.78 is 0. The fourth-order valence-electron chi connectivity index (χ4n) is 0. The minimum Gasteiger partial charge on any atom is -0.548 e. The molecule has 0 saturated carbocycles. The number of carbonyl (C=O) groups is 6. The normalized spacial score (nSPS) is 7.16. The van der Waals surface area contributed by atoms with Gasteiger partial charge in [0.25, 0.3) is 0 Å². The Morgan fingerprint density at radius 3 is 0.387 bits per heavy atom. The zero-order chi connectivity index (χ0) is 25.7. The van der Waals surface area contributed by atoms with Crippen LogP contribution in [0.4, 0.5) is 0 Å². The quantitative estimate of drug-likeness (QED) is 0.168. The Morgan fingerprint density at radius 1 is 0.355 bits per heavy atom. The summed E-state index contributed by atoms with van der Waals surface area (Å²) in [5.74, 6) is -8.64. The molecule has 180 valence electrons. The van der Waals surface area contributed by atoms with Crippen molar-refractivity contribution in [2.45, 2.75) is 0 Å². The number of hydrogen-bond acceptors (Lipinski definition) is 18. The van der Waals surface area contributed by atoms with Crippen molar-refractivity contribution < 1.29 is 111 Å².